The van der Waals surface area contributed by atoms with Gasteiger partial charge in [0.15, 0.2) is 0 Å². The first-order chi connectivity index (χ1) is 14.5. The fourth-order valence-electron chi connectivity index (χ4n) is 3.60. The van der Waals surface area contributed by atoms with Crippen LogP contribution in [0.25, 0.3) is 0 Å². The summed E-state index contributed by atoms with van der Waals surface area (Å²) in [7, 11) is 1.51. The largest absolute Gasteiger partial charge is 0.380 e. The number of ether oxygens (including phenoxy) is 1. The van der Waals surface area contributed by atoms with Crippen molar-refractivity contribution in [2.24, 2.45) is 0 Å². The van der Waals surface area contributed by atoms with Gasteiger partial charge < -0.3 is 9.30 Å². The zero-order valence-electron chi connectivity index (χ0n) is 16.6. The Morgan fingerprint density at radius 3 is 2.27 bits per heavy atom. The third-order valence-electron chi connectivity index (χ3n) is 4.98. The molecule has 6 nitrogen and oxygen atoms in total. The number of fused-ring (bicyclic) bond motifs is 2. The minimum atomic E-state index is -0.481. The Balaban J connectivity index is 1.78. The van der Waals surface area contributed by atoms with Crippen molar-refractivity contribution in [3.05, 3.63) is 81.8 Å². The number of anilines is 2. The summed E-state index contributed by atoms with van der Waals surface area (Å²) in [5.74, 6) is -0.246. The lowest BCUT2D eigenvalue weighted by atomic mass is 10.1. The van der Waals surface area contributed by atoms with Crippen molar-refractivity contribution in [2.75, 3.05) is 12.0 Å². The molecule has 7 heteroatoms. The summed E-state index contributed by atoms with van der Waals surface area (Å²) in [6.07, 6.45) is 0. The molecule has 3 aromatic rings. The van der Waals surface area contributed by atoms with Crippen molar-refractivity contribution in [2.45, 2.75) is 29.9 Å². The van der Waals surface area contributed by atoms with Crippen LogP contribution in [0.15, 0.2) is 69.2 Å². The number of nitriles is 1. The highest BCUT2D eigenvalue weighted by atomic mass is 32.2. The van der Waals surface area contributed by atoms with Crippen LogP contribution < -0.4 is 10.5 Å². The number of para-hydroxylation sites is 2. The number of hydrogen-bond donors (Lipinski definition) is 0. The van der Waals surface area contributed by atoms with Crippen LogP contribution in [0.4, 0.5) is 11.4 Å². The Morgan fingerprint density at radius 2 is 1.70 bits per heavy atom. The first kappa shape index (κ1) is 20.0. The predicted molar refractivity (Wildman–Crippen MR) is 115 cm³/mol. The number of methoxy groups -OCH3 is 1. The summed E-state index contributed by atoms with van der Waals surface area (Å²) >= 11 is 1.61. The first-order valence-corrected chi connectivity index (χ1v) is 10.2. The first-order valence-electron chi connectivity index (χ1n) is 9.36. The quantitative estimate of drug-likeness (QED) is 0.641. The molecule has 0 saturated heterocycles. The second kappa shape index (κ2) is 8.19. The number of rotatable bonds is 4. The Bertz CT molecular complexity index is 1200. The maximum absolute atomic E-state index is 13.5. The highest BCUT2D eigenvalue weighted by Gasteiger charge is 2.28. The van der Waals surface area contributed by atoms with Gasteiger partial charge in [0.05, 0.1) is 18.0 Å². The summed E-state index contributed by atoms with van der Waals surface area (Å²) in [6, 6.07) is 19.1. The van der Waals surface area contributed by atoms with Gasteiger partial charge in [-0.1, -0.05) is 36.0 Å². The van der Waals surface area contributed by atoms with Crippen LogP contribution in [0.3, 0.4) is 0 Å². The number of pyridine rings is 1. The monoisotopic (exact) mass is 417 g/mol. The van der Waals surface area contributed by atoms with E-state index in [1.807, 2.05) is 54.6 Å². The third kappa shape index (κ3) is 3.41. The molecule has 1 aliphatic heterocycles. The van der Waals surface area contributed by atoms with Crippen LogP contribution in [0.5, 0.6) is 0 Å². The minimum absolute atomic E-state index is 0.00486. The van der Waals surface area contributed by atoms with Crippen molar-refractivity contribution in [3.8, 4) is 6.07 Å². The topological polar surface area (TPSA) is 75.3 Å². The summed E-state index contributed by atoms with van der Waals surface area (Å²) in [6.45, 7) is 1.75. The average molecular weight is 417 g/mol. The molecule has 1 amide bonds. The lowest BCUT2D eigenvalue weighted by Crippen LogP contribution is -2.36. The maximum atomic E-state index is 13.5. The summed E-state index contributed by atoms with van der Waals surface area (Å²) < 4.78 is 6.45. The molecule has 2 heterocycles. The minimum Gasteiger partial charge on any atom is -0.380 e. The highest BCUT2D eigenvalue weighted by Crippen LogP contribution is 2.47. The Morgan fingerprint density at radius 1 is 1.10 bits per heavy atom. The Hall–Kier alpha value is -3.34. The lowest BCUT2D eigenvalue weighted by Gasteiger charge is -2.31. The molecule has 0 saturated carbocycles. The summed E-state index contributed by atoms with van der Waals surface area (Å²) in [4.78, 5) is 30.0. The van der Waals surface area contributed by atoms with Gasteiger partial charge in [-0.05, 0) is 37.3 Å². The van der Waals surface area contributed by atoms with Gasteiger partial charge in [-0.15, -0.1) is 0 Å². The molecule has 30 heavy (non-hydrogen) atoms. The van der Waals surface area contributed by atoms with Crippen LogP contribution in [0.2, 0.25) is 0 Å². The van der Waals surface area contributed by atoms with E-state index < -0.39 is 5.56 Å². The van der Waals surface area contributed by atoms with Crippen LogP contribution in [0.1, 0.15) is 16.8 Å². The molecule has 0 radical (unpaired) electrons. The smallest absolute Gasteiger partial charge is 0.269 e. The molecule has 2 aromatic carbocycles. The van der Waals surface area contributed by atoms with Gasteiger partial charge in [-0.3, -0.25) is 14.5 Å². The van der Waals surface area contributed by atoms with Gasteiger partial charge in [-0.25, -0.2) is 0 Å². The van der Waals surface area contributed by atoms with E-state index in [2.05, 4.69) is 0 Å². The summed E-state index contributed by atoms with van der Waals surface area (Å²) in [5.41, 5.74) is 2.22. The number of hydrogen-bond acceptors (Lipinski definition) is 5. The average Bonchev–Trinajstić information content (AvgIpc) is 2.75. The van der Waals surface area contributed by atoms with Gasteiger partial charge >= 0.3 is 0 Å². The molecule has 0 unspecified atom stereocenters. The van der Waals surface area contributed by atoms with Crippen LogP contribution in [0, 0.1) is 18.3 Å². The van der Waals surface area contributed by atoms with Crippen LogP contribution >= 0.6 is 11.8 Å². The number of carbonyl (C=O) groups is 1. The summed E-state index contributed by atoms with van der Waals surface area (Å²) in [5, 5.41) is 9.47. The van der Waals surface area contributed by atoms with E-state index in [1.54, 1.807) is 29.7 Å². The van der Waals surface area contributed by atoms with Crippen LogP contribution in [-0.2, 0) is 22.7 Å². The van der Waals surface area contributed by atoms with E-state index in [0.717, 1.165) is 21.2 Å². The van der Waals surface area contributed by atoms with Gasteiger partial charge in [0.2, 0.25) is 0 Å². The zero-order chi connectivity index (χ0) is 21.3. The number of amides is 1. The predicted octanol–water partition coefficient (Wildman–Crippen LogP) is 4.00. The fraction of sp³-hybridized carbons (Fsp3) is 0.174. The molecule has 0 spiro atoms. The molecular formula is C23H19N3O3S. The van der Waals surface area contributed by atoms with Gasteiger partial charge in [0.1, 0.15) is 18.2 Å². The molecule has 1 aromatic heterocycles. The number of aryl methyl sites for hydroxylation is 1. The fourth-order valence-corrected chi connectivity index (χ4v) is 4.66. The molecule has 1 aliphatic rings. The maximum Gasteiger partial charge on any atom is 0.269 e. The van der Waals surface area contributed by atoms with E-state index in [0.29, 0.717) is 11.3 Å². The van der Waals surface area contributed by atoms with Crippen LogP contribution in [-0.4, -0.2) is 17.6 Å². The zero-order valence-corrected chi connectivity index (χ0v) is 17.4. The SMILES string of the molecule is COCc1cc(C)n(CC(=O)N2c3ccccc3Sc3ccccc32)c(=O)c1C#N. The normalized spacial score (nSPS) is 12.1. The second-order valence-electron chi connectivity index (χ2n) is 6.89. The van der Waals surface area contributed by atoms with Gasteiger partial charge in [0.25, 0.3) is 11.5 Å². The number of carbonyl (C=O) groups excluding carboxylic acids is 1. The van der Waals surface area contributed by atoms with E-state index in [1.165, 1.54) is 11.7 Å². The Labute approximate surface area is 178 Å². The standard InChI is InChI=1S/C23H19N3O3S/c1-15-11-16(14-29-2)17(12-24)23(28)25(15)13-22(27)26-18-7-3-5-9-20(18)30-21-10-6-4-8-19(21)26/h3-11H,13-14H2,1-2H3. The van der Waals surface area contributed by atoms with Crippen molar-refractivity contribution >= 4 is 29.0 Å². The third-order valence-corrected chi connectivity index (χ3v) is 6.11. The molecule has 4 rings (SSSR count). The van der Waals surface area contributed by atoms with E-state index in [4.69, 9.17) is 4.74 Å². The molecule has 0 N–H and O–H groups in total. The molecule has 150 valence electrons. The second-order valence-corrected chi connectivity index (χ2v) is 7.97. The van der Waals surface area contributed by atoms with Crippen molar-refractivity contribution in [3.63, 3.8) is 0 Å². The van der Waals surface area contributed by atoms with Crippen molar-refractivity contribution in [1.29, 1.82) is 5.26 Å². The van der Waals surface area contributed by atoms with Gasteiger partial charge in [-0.2, -0.15) is 5.26 Å². The van der Waals surface area contributed by atoms with E-state index in [-0.39, 0.29) is 24.6 Å². The Kier molecular flexibility index (Phi) is 5.44. The number of benzene rings is 2. The van der Waals surface area contributed by atoms with Crippen molar-refractivity contribution in [1.82, 2.24) is 4.57 Å². The van der Waals surface area contributed by atoms with E-state index in [9.17, 15) is 14.9 Å². The number of aromatic nitrogens is 1. The molecule has 0 fully saturated rings. The van der Waals surface area contributed by atoms with Gasteiger partial charge in [0, 0.05) is 28.2 Å². The highest BCUT2D eigenvalue weighted by molar-refractivity contribution is 7.99. The molecule has 0 aliphatic carbocycles. The van der Waals surface area contributed by atoms with Crippen molar-refractivity contribution < 1.29 is 9.53 Å². The molecular weight excluding hydrogens is 398 g/mol. The molecule has 0 bridgehead atoms. The number of nitrogens with zero attached hydrogens (tertiary/aromatic N) is 3. The lowest BCUT2D eigenvalue weighted by molar-refractivity contribution is -0.118. The molecule has 0 atom stereocenters. The van der Waals surface area contributed by atoms with E-state index >= 15 is 0 Å².